The van der Waals surface area contributed by atoms with Gasteiger partial charge in [0.15, 0.2) is 6.10 Å². The van der Waals surface area contributed by atoms with Gasteiger partial charge in [-0.2, -0.15) is 0 Å². The van der Waals surface area contributed by atoms with Crippen LogP contribution in [0.4, 0.5) is 0 Å². The number of hydrogen-bond donors (Lipinski definition) is 2. The minimum absolute atomic E-state index is 0.0511. The highest BCUT2D eigenvalue weighted by molar-refractivity contribution is 7.47. The number of rotatable bonds is 38. The summed E-state index contributed by atoms with van der Waals surface area (Å²) in [6.45, 7) is 3.67. The normalized spacial score (nSPS) is 13.7. The topological polar surface area (TPSA) is 134 Å². The summed E-state index contributed by atoms with van der Waals surface area (Å²) in [4.78, 5) is 34.7. The molecule has 51 heavy (non-hydrogen) atoms. The zero-order chi connectivity index (χ0) is 37.5. The Morgan fingerprint density at radius 3 is 1.51 bits per heavy atom. The Kier molecular flexibility index (Phi) is 36.7. The smallest absolute Gasteiger partial charge is 0.462 e. The van der Waals surface area contributed by atoms with E-state index in [1.807, 2.05) is 0 Å². The van der Waals surface area contributed by atoms with E-state index in [1.54, 1.807) is 0 Å². The molecule has 0 aliphatic heterocycles. The third-order valence-electron chi connectivity index (χ3n) is 8.53. The van der Waals surface area contributed by atoms with Gasteiger partial charge in [-0.25, -0.2) is 4.57 Å². The van der Waals surface area contributed by atoms with Crippen molar-refractivity contribution in [1.82, 2.24) is 0 Å². The van der Waals surface area contributed by atoms with Crippen molar-refractivity contribution in [2.75, 3.05) is 26.4 Å². The number of allylic oxidation sites excluding steroid dienone is 6. The summed E-state index contributed by atoms with van der Waals surface area (Å²) in [5.74, 6) is -0.845. The van der Waals surface area contributed by atoms with Crippen molar-refractivity contribution in [2.45, 2.75) is 187 Å². The molecule has 3 N–H and O–H groups in total. The van der Waals surface area contributed by atoms with Crippen LogP contribution in [0.3, 0.4) is 0 Å². The zero-order valence-electron chi connectivity index (χ0n) is 32.6. The van der Waals surface area contributed by atoms with E-state index < -0.39 is 26.5 Å². The molecule has 0 rings (SSSR count). The van der Waals surface area contributed by atoms with Gasteiger partial charge in [0.2, 0.25) is 0 Å². The van der Waals surface area contributed by atoms with E-state index in [0.29, 0.717) is 6.42 Å². The van der Waals surface area contributed by atoms with Crippen LogP contribution in [0.2, 0.25) is 0 Å². The van der Waals surface area contributed by atoms with Crippen LogP contribution in [0.1, 0.15) is 181 Å². The molecule has 0 bridgehead atoms. The molecule has 298 valence electrons. The number of phosphoric ester groups is 1. The molecule has 0 aromatic carbocycles. The van der Waals surface area contributed by atoms with Gasteiger partial charge < -0.3 is 20.1 Å². The highest BCUT2D eigenvalue weighted by atomic mass is 31.2. The molecule has 10 heteroatoms. The predicted octanol–water partition coefficient (Wildman–Crippen LogP) is 11.4. The summed E-state index contributed by atoms with van der Waals surface area (Å²) < 4.78 is 32.6. The van der Waals surface area contributed by atoms with Crippen molar-refractivity contribution in [3.63, 3.8) is 0 Å². The third-order valence-corrected chi connectivity index (χ3v) is 9.51. The van der Waals surface area contributed by atoms with Crippen LogP contribution in [-0.2, 0) is 32.7 Å². The molecule has 0 spiro atoms. The van der Waals surface area contributed by atoms with Crippen LogP contribution in [0.5, 0.6) is 0 Å². The molecule has 0 radical (unpaired) electrons. The first-order valence-electron chi connectivity index (χ1n) is 20.5. The number of phosphoric acid groups is 1. The van der Waals surface area contributed by atoms with Crippen molar-refractivity contribution in [3.05, 3.63) is 36.5 Å². The van der Waals surface area contributed by atoms with Crippen molar-refractivity contribution in [2.24, 2.45) is 5.73 Å². The van der Waals surface area contributed by atoms with Gasteiger partial charge in [-0.1, -0.05) is 153 Å². The molecule has 0 aromatic rings. The van der Waals surface area contributed by atoms with Crippen molar-refractivity contribution >= 4 is 19.8 Å². The van der Waals surface area contributed by atoms with E-state index in [1.165, 1.54) is 77.0 Å². The molecule has 0 fully saturated rings. The van der Waals surface area contributed by atoms with Gasteiger partial charge in [0, 0.05) is 19.4 Å². The summed E-state index contributed by atoms with van der Waals surface area (Å²) in [6, 6.07) is 0. The van der Waals surface area contributed by atoms with Gasteiger partial charge in [-0.3, -0.25) is 18.6 Å². The number of unbranched alkanes of at least 4 members (excludes halogenated alkanes) is 19. The summed E-state index contributed by atoms with van der Waals surface area (Å²) in [7, 11) is -4.37. The average Bonchev–Trinajstić information content (AvgIpc) is 3.11. The van der Waals surface area contributed by atoms with Gasteiger partial charge in [0.25, 0.3) is 0 Å². The molecule has 0 aromatic heterocycles. The molecule has 2 unspecified atom stereocenters. The van der Waals surface area contributed by atoms with Gasteiger partial charge in [-0.05, 0) is 51.4 Å². The Morgan fingerprint density at radius 1 is 0.588 bits per heavy atom. The van der Waals surface area contributed by atoms with Gasteiger partial charge >= 0.3 is 19.8 Å². The average molecular weight is 742 g/mol. The third kappa shape index (κ3) is 37.8. The van der Waals surface area contributed by atoms with Crippen LogP contribution in [0.25, 0.3) is 0 Å². The Labute approximate surface area is 312 Å². The summed E-state index contributed by atoms with van der Waals surface area (Å²) in [6.07, 6.45) is 40.4. The molecule has 0 amide bonds. The van der Waals surface area contributed by atoms with E-state index in [9.17, 15) is 19.0 Å². The molecule has 0 saturated carbocycles. The van der Waals surface area contributed by atoms with E-state index in [0.717, 1.165) is 70.6 Å². The van der Waals surface area contributed by atoms with E-state index in [-0.39, 0.29) is 38.6 Å². The highest BCUT2D eigenvalue weighted by Gasteiger charge is 2.26. The Morgan fingerprint density at radius 2 is 1.02 bits per heavy atom. The molecule has 0 heterocycles. The van der Waals surface area contributed by atoms with E-state index >= 15 is 0 Å². The minimum atomic E-state index is -4.37. The largest absolute Gasteiger partial charge is 0.472 e. The first-order chi connectivity index (χ1) is 24.8. The lowest BCUT2D eigenvalue weighted by Crippen LogP contribution is -2.29. The first-order valence-corrected chi connectivity index (χ1v) is 22.0. The molecule has 0 saturated heterocycles. The predicted molar refractivity (Wildman–Crippen MR) is 210 cm³/mol. The Hall–Kier alpha value is -1.77. The van der Waals surface area contributed by atoms with Gasteiger partial charge in [-0.15, -0.1) is 0 Å². The highest BCUT2D eigenvalue weighted by Crippen LogP contribution is 2.43. The van der Waals surface area contributed by atoms with Crippen LogP contribution >= 0.6 is 7.82 Å². The number of ether oxygens (including phenoxy) is 2. The lowest BCUT2D eigenvalue weighted by atomic mass is 10.1. The second kappa shape index (κ2) is 38.0. The lowest BCUT2D eigenvalue weighted by Gasteiger charge is -2.19. The lowest BCUT2D eigenvalue weighted by molar-refractivity contribution is -0.161. The van der Waals surface area contributed by atoms with E-state index in [4.69, 9.17) is 24.3 Å². The quantitative estimate of drug-likeness (QED) is 0.0274. The monoisotopic (exact) mass is 742 g/mol. The van der Waals surface area contributed by atoms with Crippen molar-refractivity contribution < 1.29 is 37.6 Å². The maximum atomic E-state index is 12.5. The van der Waals surface area contributed by atoms with Crippen LogP contribution < -0.4 is 5.73 Å². The zero-order valence-corrected chi connectivity index (χ0v) is 33.5. The minimum Gasteiger partial charge on any atom is -0.462 e. The molecule has 2 atom stereocenters. The first kappa shape index (κ1) is 49.2. The summed E-state index contributed by atoms with van der Waals surface area (Å²) >= 11 is 0. The Balaban J connectivity index is 4.15. The maximum absolute atomic E-state index is 12.5. The Bertz CT molecular complexity index is 939. The molecular formula is C41H76NO8P. The second-order valence-electron chi connectivity index (χ2n) is 13.5. The van der Waals surface area contributed by atoms with Crippen LogP contribution in [-0.4, -0.2) is 49.3 Å². The second-order valence-corrected chi connectivity index (χ2v) is 15.0. The fourth-order valence-corrected chi connectivity index (χ4v) is 6.23. The SMILES string of the molecule is CCCCCCC/C=C\C/C=C\C/C=C\CCCCCCCCC(=O)OC(COC(=O)CCCCCCCCCCC)COP(=O)(O)OCCN. The van der Waals surface area contributed by atoms with Crippen LogP contribution in [0, 0.1) is 0 Å². The number of carbonyl (C=O) groups is 2. The van der Waals surface area contributed by atoms with Gasteiger partial charge in [0.05, 0.1) is 13.2 Å². The summed E-state index contributed by atoms with van der Waals surface area (Å²) in [5, 5.41) is 0. The fraction of sp³-hybridized carbons (Fsp3) is 0.805. The molecule has 0 aliphatic rings. The fourth-order valence-electron chi connectivity index (χ4n) is 5.46. The summed E-state index contributed by atoms with van der Waals surface area (Å²) in [5.41, 5.74) is 5.33. The number of esters is 2. The van der Waals surface area contributed by atoms with Crippen molar-refractivity contribution in [1.29, 1.82) is 0 Å². The van der Waals surface area contributed by atoms with E-state index in [2.05, 4.69) is 50.3 Å². The number of nitrogens with two attached hydrogens (primary N) is 1. The van der Waals surface area contributed by atoms with Crippen molar-refractivity contribution in [3.8, 4) is 0 Å². The number of hydrogen-bond acceptors (Lipinski definition) is 8. The maximum Gasteiger partial charge on any atom is 0.472 e. The molecule has 0 aliphatic carbocycles. The standard InChI is InChI=1S/C41H76NO8P/c1-3-5-7-9-11-13-14-15-16-17-18-19-20-21-22-23-24-26-28-30-32-34-41(44)50-39(38-49-51(45,46)48-36-35-42)37-47-40(43)33-31-29-27-25-12-10-8-6-4-2/h14-15,17-18,20-21,39H,3-13,16,19,22-38,42H2,1-2H3,(H,45,46)/b15-14-,18-17-,21-20-. The number of carbonyl (C=O) groups excluding carboxylic acids is 2. The van der Waals surface area contributed by atoms with Gasteiger partial charge in [0.1, 0.15) is 6.61 Å². The molecular weight excluding hydrogens is 665 g/mol. The molecule has 9 nitrogen and oxygen atoms in total. The van der Waals surface area contributed by atoms with Crippen LogP contribution in [0.15, 0.2) is 36.5 Å².